The molecule has 5 heteroatoms. The normalized spacial score (nSPS) is 16.1. The zero-order chi connectivity index (χ0) is 16.5. The zero-order valence-electron chi connectivity index (χ0n) is 13.6. The molecule has 0 radical (unpaired) electrons. The lowest BCUT2D eigenvalue weighted by Crippen LogP contribution is -2.20. The molecule has 3 aromatic rings. The quantitative estimate of drug-likeness (QED) is 0.801. The van der Waals surface area contributed by atoms with E-state index in [0.717, 1.165) is 23.0 Å². The van der Waals surface area contributed by atoms with Gasteiger partial charge in [-0.3, -0.25) is 0 Å². The van der Waals surface area contributed by atoms with Crippen molar-refractivity contribution in [2.75, 3.05) is 12.4 Å². The average molecular weight is 318 g/mol. The summed E-state index contributed by atoms with van der Waals surface area (Å²) >= 11 is 0. The molecule has 2 aromatic carbocycles. The largest absolute Gasteiger partial charge is 0.497 e. The number of ether oxygens (including phenoxy) is 1. The van der Waals surface area contributed by atoms with E-state index >= 15 is 0 Å². The van der Waals surface area contributed by atoms with Gasteiger partial charge in [0.15, 0.2) is 0 Å². The summed E-state index contributed by atoms with van der Waals surface area (Å²) < 4.78 is 7.14. The molecule has 1 aliphatic heterocycles. The minimum absolute atomic E-state index is 0.0146. The van der Waals surface area contributed by atoms with Gasteiger partial charge in [-0.15, -0.1) is 0 Å². The Balaban J connectivity index is 1.78. The van der Waals surface area contributed by atoms with Gasteiger partial charge in [0.05, 0.1) is 7.11 Å². The van der Waals surface area contributed by atoms with Crippen LogP contribution in [0.5, 0.6) is 5.75 Å². The number of rotatable bonds is 3. The molecule has 0 amide bonds. The number of nitrogens with one attached hydrogen (secondary N) is 1. The van der Waals surface area contributed by atoms with Crippen LogP contribution in [0.2, 0.25) is 0 Å². The predicted molar refractivity (Wildman–Crippen MR) is 93.9 cm³/mol. The summed E-state index contributed by atoms with van der Waals surface area (Å²) in [7, 11) is 1.67. The van der Waals surface area contributed by atoms with Crippen LogP contribution in [-0.2, 0) is 0 Å². The van der Waals surface area contributed by atoms with Gasteiger partial charge in [-0.2, -0.15) is 10.1 Å². The van der Waals surface area contributed by atoms with Crippen LogP contribution in [0.1, 0.15) is 22.7 Å². The SMILES string of the molecule is COc1ccc(C2=CC(c3cccc(C)c3)n3ncnc3N2)cc1. The van der Waals surface area contributed by atoms with Crippen molar-refractivity contribution in [2.45, 2.75) is 13.0 Å². The highest BCUT2D eigenvalue weighted by molar-refractivity contribution is 5.77. The van der Waals surface area contributed by atoms with Gasteiger partial charge in [0, 0.05) is 5.70 Å². The van der Waals surface area contributed by atoms with Gasteiger partial charge in [-0.05, 0) is 48.4 Å². The standard InChI is InChI=1S/C19H18N4O/c1-13-4-3-5-15(10-13)18-11-17(22-19-20-12-21-23(18)19)14-6-8-16(24-2)9-7-14/h3-12,18H,1-2H3,(H,20,21,22). The molecular weight excluding hydrogens is 300 g/mol. The van der Waals surface area contributed by atoms with Crippen LogP contribution in [0.15, 0.2) is 60.9 Å². The van der Waals surface area contributed by atoms with Gasteiger partial charge >= 0.3 is 0 Å². The molecule has 1 atom stereocenters. The van der Waals surface area contributed by atoms with Crippen molar-refractivity contribution in [3.8, 4) is 5.75 Å². The molecule has 0 saturated carbocycles. The van der Waals surface area contributed by atoms with Gasteiger partial charge in [-0.25, -0.2) is 4.68 Å². The van der Waals surface area contributed by atoms with Crippen molar-refractivity contribution in [3.63, 3.8) is 0 Å². The van der Waals surface area contributed by atoms with Crippen LogP contribution in [0.3, 0.4) is 0 Å². The van der Waals surface area contributed by atoms with Gasteiger partial charge in [0.1, 0.15) is 18.1 Å². The second kappa shape index (κ2) is 5.85. The van der Waals surface area contributed by atoms with E-state index in [1.54, 1.807) is 13.4 Å². The summed E-state index contributed by atoms with van der Waals surface area (Å²) in [5.41, 5.74) is 4.52. The second-order valence-corrected chi connectivity index (χ2v) is 5.82. The third-order valence-corrected chi connectivity index (χ3v) is 4.19. The fourth-order valence-corrected chi connectivity index (χ4v) is 2.96. The molecule has 1 aliphatic rings. The maximum absolute atomic E-state index is 5.24. The fraction of sp³-hybridized carbons (Fsp3) is 0.158. The number of aryl methyl sites for hydroxylation is 1. The molecule has 2 heterocycles. The number of allylic oxidation sites excluding steroid dienone is 1. The minimum Gasteiger partial charge on any atom is -0.497 e. The molecule has 5 nitrogen and oxygen atoms in total. The number of anilines is 1. The third-order valence-electron chi connectivity index (χ3n) is 4.19. The molecule has 0 saturated heterocycles. The van der Waals surface area contributed by atoms with E-state index in [9.17, 15) is 0 Å². The molecule has 0 fully saturated rings. The van der Waals surface area contributed by atoms with Crippen molar-refractivity contribution >= 4 is 11.6 Å². The topological polar surface area (TPSA) is 52.0 Å². The van der Waals surface area contributed by atoms with Crippen molar-refractivity contribution < 1.29 is 4.74 Å². The highest BCUT2D eigenvalue weighted by atomic mass is 16.5. The Morgan fingerprint density at radius 1 is 1.12 bits per heavy atom. The number of aromatic nitrogens is 3. The Morgan fingerprint density at radius 2 is 1.96 bits per heavy atom. The van der Waals surface area contributed by atoms with Gasteiger partial charge in [0.25, 0.3) is 0 Å². The molecule has 120 valence electrons. The number of hydrogen-bond acceptors (Lipinski definition) is 4. The van der Waals surface area contributed by atoms with Crippen LogP contribution in [0.25, 0.3) is 5.70 Å². The summed E-state index contributed by atoms with van der Waals surface area (Å²) in [6, 6.07) is 16.5. The van der Waals surface area contributed by atoms with Gasteiger partial charge < -0.3 is 10.1 Å². The summed E-state index contributed by atoms with van der Waals surface area (Å²) in [6.45, 7) is 2.10. The Bertz CT molecular complexity index is 896. The van der Waals surface area contributed by atoms with Crippen LogP contribution in [0.4, 0.5) is 5.95 Å². The number of hydrogen-bond donors (Lipinski definition) is 1. The lowest BCUT2D eigenvalue weighted by atomic mass is 10.0. The van der Waals surface area contributed by atoms with E-state index in [-0.39, 0.29) is 6.04 Å². The summed E-state index contributed by atoms with van der Waals surface area (Å²) in [5.74, 6) is 1.59. The number of fused-ring (bicyclic) bond motifs is 1. The molecule has 0 spiro atoms. The first-order valence-electron chi connectivity index (χ1n) is 7.84. The average Bonchev–Trinajstić information content (AvgIpc) is 3.09. The highest BCUT2D eigenvalue weighted by Crippen LogP contribution is 2.32. The molecule has 1 aromatic heterocycles. The molecule has 4 rings (SSSR count). The lowest BCUT2D eigenvalue weighted by molar-refractivity contribution is 0.415. The Labute approximate surface area is 140 Å². The monoisotopic (exact) mass is 318 g/mol. The van der Waals surface area contributed by atoms with Crippen LogP contribution in [-0.4, -0.2) is 21.9 Å². The summed E-state index contributed by atoms with van der Waals surface area (Å²) in [5, 5.41) is 7.73. The fourth-order valence-electron chi connectivity index (χ4n) is 2.96. The maximum atomic E-state index is 5.24. The minimum atomic E-state index is 0.0146. The summed E-state index contributed by atoms with van der Waals surface area (Å²) in [4.78, 5) is 4.34. The number of benzene rings is 2. The van der Waals surface area contributed by atoms with E-state index in [4.69, 9.17) is 4.74 Å². The Hall–Kier alpha value is -3.08. The van der Waals surface area contributed by atoms with Gasteiger partial charge in [0.2, 0.25) is 5.95 Å². The molecule has 0 bridgehead atoms. The first-order valence-corrected chi connectivity index (χ1v) is 7.84. The zero-order valence-corrected chi connectivity index (χ0v) is 13.6. The summed E-state index contributed by atoms with van der Waals surface area (Å²) in [6.07, 6.45) is 3.76. The number of methoxy groups -OCH3 is 1. The van der Waals surface area contributed by atoms with E-state index in [0.29, 0.717) is 0 Å². The van der Waals surface area contributed by atoms with E-state index in [1.165, 1.54) is 11.1 Å². The van der Waals surface area contributed by atoms with Crippen molar-refractivity contribution in [3.05, 3.63) is 77.6 Å². The molecule has 1 N–H and O–H groups in total. The van der Waals surface area contributed by atoms with Crippen molar-refractivity contribution in [1.82, 2.24) is 14.8 Å². The Kier molecular flexibility index (Phi) is 3.54. The van der Waals surface area contributed by atoms with E-state index < -0.39 is 0 Å². The van der Waals surface area contributed by atoms with E-state index in [2.05, 4.69) is 52.7 Å². The Morgan fingerprint density at radius 3 is 2.71 bits per heavy atom. The molecule has 1 unspecified atom stereocenters. The first-order chi connectivity index (χ1) is 11.7. The lowest BCUT2D eigenvalue weighted by Gasteiger charge is -2.24. The van der Waals surface area contributed by atoms with Gasteiger partial charge in [-0.1, -0.05) is 29.8 Å². The van der Waals surface area contributed by atoms with Crippen LogP contribution >= 0.6 is 0 Å². The smallest absolute Gasteiger partial charge is 0.226 e. The van der Waals surface area contributed by atoms with E-state index in [1.807, 2.05) is 28.9 Å². The number of nitrogens with zero attached hydrogens (tertiary/aromatic N) is 3. The maximum Gasteiger partial charge on any atom is 0.226 e. The second-order valence-electron chi connectivity index (χ2n) is 5.82. The molecule has 24 heavy (non-hydrogen) atoms. The third kappa shape index (κ3) is 2.54. The molecule has 0 aliphatic carbocycles. The van der Waals surface area contributed by atoms with Crippen LogP contribution in [0, 0.1) is 6.92 Å². The predicted octanol–water partition coefficient (Wildman–Crippen LogP) is 3.65. The highest BCUT2D eigenvalue weighted by Gasteiger charge is 2.23. The van der Waals surface area contributed by atoms with Crippen molar-refractivity contribution in [2.24, 2.45) is 0 Å². The van der Waals surface area contributed by atoms with Crippen molar-refractivity contribution in [1.29, 1.82) is 0 Å². The first kappa shape index (κ1) is 14.5. The molecular formula is C19H18N4O. The van der Waals surface area contributed by atoms with Crippen LogP contribution < -0.4 is 10.1 Å².